The maximum Gasteiger partial charge on any atom is 0.257 e. The van der Waals surface area contributed by atoms with Crippen molar-refractivity contribution < 1.29 is 4.79 Å². The minimum atomic E-state index is -0.0753. The number of aryl methyl sites for hydroxylation is 1. The molecule has 0 unspecified atom stereocenters. The fraction of sp³-hybridized carbons (Fsp3) is 0.350. The van der Waals surface area contributed by atoms with Gasteiger partial charge in [-0.2, -0.15) is 0 Å². The van der Waals surface area contributed by atoms with E-state index in [-0.39, 0.29) is 5.91 Å². The van der Waals surface area contributed by atoms with Crippen LogP contribution in [-0.2, 0) is 6.42 Å². The molecule has 0 aliphatic heterocycles. The molecule has 124 valence electrons. The van der Waals surface area contributed by atoms with E-state index >= 15 is 0 Å². The summed E-state index contributed by atoms with van der Waals surface area (Å²) in [7, 11) is 0. The maximum atomic E-state index is 12.7. The van der Waals surface area contributed by atoms with Gasteiger partial charge in [0, 0.05) is 30.9 Å². The number of benzene rings is 1. The molecule has 0 N–H and O–H groups in total. The minimum Gasteiger partial charge on any atom is -0.327 e. The second-order valence-electron chi connectivity index (χ2n) is 5.99. The number of carbonyl (C=O) groups is 1. The van der Waals surface area contributed by atoms with Crippen molar-refractivity contribution in [3.63, 3.8) is 0 Å². The van der Waals surface area contributed by atoms with E-state index in [9.17, 15) is 4.79 Å². The summed E-state index contributed by atoms with van der Waals surface area (Å²) < 4.78 is 0. The number of hydrogen-bond acceptors (Lipinski definition) is 3. The van der Waals surface area contributed by atoms with E-state index in [2.05, 4.69) is 35.7 Å². The lowest BCUT2D eigenvalue weighted by Crippen LogP contribution is -2.34. The zero-order valence-electron chi connectivity index (χ0n) is 14.5. The molecule has 0 aliphatic carbocycles. The van der Waals surface area contributed by atoms with Crippen LogP contribution < -0.4 is 0 Å². The Morgan fingerprint density at radius 1 is 1.17 bits per heavy atom. The van der Waals surface area contributed by atoms with Crippen LogP contribution >= 0.6 is 0 Å². The summed E-state index contributed by atoms with van der Waals surface area (Å²) in [6.45, 7) is 7.20. The van der Waals surface area contributed by atoms with Crippen molar-refractivity contribution in [2.75, 3.05) is 13.1 Å². The van der Waals surface area contributed by atoms with Crippen LogP contribution in [0.2, 0.25) is 0 Å². The summed E-state index contributed by atoms with van der Waals surface area (Å²) in [5.74, 6) is 7.22. The highest BCUT2D eigenvalue weighted by atomic mass is 16.2. The number of aromatic nitrogens is 2. The molecular formula is C20H23N3O. The summed E-state index contributed by atoms with van der Waals surface area (Å²) in [5.41, 5.74) is 1.46. The number of carbonyl (C=O) groups excluding carboxylic acids is 1. The molecule has 1 aromatic heterocycles. The van der Waals surface area contributed by atoms with Gasteiger partial charge in [-0.3, -0.25) is 4.79 Å². The third-order valence-electron chi connectivity index (χ3n) is 3.42. The van der Waals surface area contributed by atoms with Gasteiger partial charge < -0.3 is 4.90 Å². The van der Waals surface area contributed by atoms with E-state index in [4.69, 9.17) is 0 Å². The Balaban J connectivity index is 2.12. The largest absolute Gasteiger partial charge is 0.327 e. The molecule has 0 saturated carbocycles. The fourth-order valence-corrected chi connectivity index (χ4v) is 2.25. The van der Waals surface area contributed by atoms with Crippen LogP contribution in [0.3, 0.4) is 0 Å². The lowest BCUT2D eigenvalue weighted by Gasteiger charge is -2.22. The molecule has 1 amide bonds. The summed E-state index contributed by atoms with van der Waals surface area (Å²) in [6.07, 6.45) is 3.96. The Morgan fingerprint density at radius 3 is 2.42 bits per heavy atom. The van der Waals surface area contributed by atoms with Gasteiger partial charge >= 0.3 is 0 Å². The number of rotatable bonds is 5. The van der Waals surface area contributed by atoms with Crippen LogP contribution in [0, 0.1) is 17.8 Å². The van der Waals surface area contributed by atoms with Crippen LogP contribution in [0.4, 0.5) is 0 Å². The molecule has 0 spiro atoms. The molecule has 0 bridgehead atoms. The number of nitrogens with zero attached hydrogens (tertiary/aromatic N) is 3. The fourth-order valence-electron chi connectivity index (χ4n) is 2.25. The standard InChI is InChI=1S/C20H23N3O/c1-4-19-21-13-18(14-22-19)20(24)23(15-16(2)3)12-8-11-17-9-6-5-7-10-17/h5-7,9-10,13-14,16H,4,12,15H2,1-3H3. The number of amides is 1. The van der Waals surface area contributed by atoms with Gasteiger partial charge in [-0.05, 0) is 18.1 Å². The van der Waals surface area contributed by atoms with Crippen molar-refractivity contribution >= 4 is 5.91 Å². The van der Waals surface area contributed by atoms with Crippen LogP contribution in [0.1, 0.15) is 42.5 Å². The van der Waals surface area contributed by atoms with Crippen molar-refractivity contribution in [2.24, 2.45) is 5.92 Å². The third kappa shape index (κ3) is 5.20. The molecule has 0 radical (unpaired) electrons. The highest BCUT2D eigenvalue weighted by molar-refractivity contribution is 5.93. The van der Waals surface area contributed by atoms with E-state index in [0.717, 1.165) is 17.8 Å². The first-order valence-electron chi connectivity index (χ1n) is 8.24. The van der Waals surface area contributed by atoms with Crippen LogP contribution in [0.15, 0.2) is 42.7 Å². The first-order valence-corrected chi connectivity index (χ1v) is 8.24. The molecule has 1 aromatic carbocycles. The molecule has 1 heterocycles. The molecule has 0 fully saturated rings. The summed E-state index contributed by atoms with van der Waals surface area (Å²) in [6, 6.07) is 9.78. The normalized spacial score (nSPS) is 10.2. The van der Waals surface area contributed by atoms with E-state index in [1.807, 2.05) is 37.3 Å². The summed E-state index contributed by atoms with van der Waals surface area (Å²) in [4.78, 5) is 22.9. The monoisotopic (exact) mass is 321 g/mol. The van der Waals surface area contributed by atoms with Gasteiger partial charge in [0.05, 0.1) is 12.1 Å². The molecule has 2 rings (SSSR count). The Hall–Kier alpha value is -2.67. The Kier molecular flexibility index (Phi) is 6.51. The molecule has 4 heteroatoms. The average Bonchev–Trinajstić information content (AvgIpc) is 2.61. The van der Waals surface area contributed by atoms with Gasteiger partial charge in [-0.15, -0.1) is 0 Å². The molecule has 2 aromatic rings. The molecular weight excluding hydrogens is 298 g/mol. The van der Waals surface area contributed by atoms with E-state index in [0.29, 0.717) is 24.6 Å². The van der Waals surface area contributed by atoms with Gasteiger partial charge in [0.15, 0.2) is 0 Å². The third-order valence-corrected chi connectivity index (χ3v) is 3.42. The van der Waals surface area contributed by atoms with E-state index in [1.165, 1.54) is 0 Å². The van der Waals surface area contributed by atoms with Crippen LogP contribution in [-0.4, -0.2) is 33.9 Å². The SMILES string of the molecule is CCc1ncc(C(=O)N(CC#Cc2ccccc2)CC(C)C)cn1. The lowest BCUT2D eigenvalue weighted by atomic mass is 10.2. The van der Waals surface area contributed by atoms with E-state index < -0.39 is 0 Å². The van der Waals surface area contributed by atoms with Crippen LogP contribution in [0.5, 0.6) is 0 Å². The van der Waals surface area contributed by atoms with Crippen molar-refractivity contribution in [2.45, 2.75) is 27.2 Å². The van der Waals surface area contributed by atoms with Gasteiger partial charge in [0.1, 0.15) is 5.82 Å². The van der Waals surface area contributed by atoms with Crippen molar-refractivity contribution in [3.8, 4) is 11.8 Å². The molecule has 0 saturated heterocycles. The Bertz CT molecular complexity index is 712. The lowest BCUT2D eigenvalue weighted by molar-refractivity contribution is 0.0758. The predicted octanol–water partition coefficient (Wildman–Crippen LogP) is 3.19. The number of hydrogen-bond donors (Lipinski definition) is 0. The smallest absolute Gasteiger partial charge is 0.257 e. The van der Waals surface area contributed by atoms with Crippen molar-refractivity contribution in [1.29, 1.82) is 0 Å². The summed E-state index contributed by atoms with van der Waals surface area (Å²) >= 11 is 0. The van der Waals surface area contributed by atoms with Gasteiger partial charge in [-0.25, -0.2) is 9.97 Å². The highest BCUT2D eigenvalue weighted by Crippen LogP contribution is 2.06. The van der Waals surface area contributed by atoms with Gasteiger partial charge in [0.2, 0.25) is 0 Å². The van der Waals surface area contributed by atoms with Crippen LogP contribution in [0.25, 0.3) is 0 Å². The molecule has 0 aliphatic rings. The zero-order chi connectivity index (χ0) is 17.4. The minimum absolute atomic E-state index is 0.0753. The second kappa shape index (κ2) is 8.83. The first kappa shape index (κ1) is 17.7. The summed E-state index contributed by atoms with van der Waals surface area (Å²) in [5, 5.41) is 0. The maximum absolute atomic E-state index is 12.7. The Morgan fingerprint density at radius 2 is 1.83 bits per heavy atom. The highest BCUT2D eigenvalue weighted by Gasteiger charge is 2.16. The zero-order valence-corrected chi connectivity index (χ0v) is 14.5. The first-order chi connectivity index (χ1) is 11.6. The molecule has 24 heavy (non-hydrogen) atoms. The van der Waals surface area contributed by atoms with Crippen molar-refractivity contribution in [3.05, 3.63) is 59.7 Å². The average molecular weight is 321 g/mol. The molecule has 4 nitrogen and oxygen atoms in total. The molecule has 0 atom stereocenters. The van der Waals surface area contributed by atoms with Gasteiger partial charge in [-0.1, -0.05) is 50.8 Å². The quantitative estimate of drug-likeness (QED) is 0.795. The second-order valence-corrected chi connectivity index (χ2v) is 5.99. The Labute approximate surface area is 143 Å². The van der Waals surface area contributed by atoms with E-state index in [1.54, 1.807) is 17.3 Å². The predicted molar refractivity (Wildman–Crippen MR) is 95.5 cm³/mol. The van der Waals surface area contributed by atoms with Crippen molar-refractivity contribution in [1.82, 2.24) is 14.9 Å². The topological polar surface area (TPSA) is 46.1 Å². The van der Waals surface area contributed by atoms with Gasteiger partial charge in [0.25, 0.3) is 5.91 Å².